The van der Waals surface area contributed by atoms with Gasteiger partial charge >= 0.3 is 12.5 Å². The number of halogens is 2. The fourth-order valence-corrected chi connectivity index (χ4v) is 2.58. The van der Waals surface area contributed by atoms with E-state index >= 15 is 0 Å². The Balaban J connectivity index is 1.90. The van der Waals surface area contributed by atoms with Gasteiger partial charge in [0.1, 0.15) is 0 Å². The molecule has 0 radical (unpaired) electrons. The fourth-order valence-electron chi connectivity index (χ4n) is 2.58. The van der Waals surface area contributed by atoms with Crippen LogP contribution in [0.25, 0.3) is 11.0 Å². The maximum absolute atomic E-state index is 13.5. The summed E-state index contributed by atoms with van der Waals surface area (Å²) in [7, 11) is 0. The SMILES string of the molecule is CC(OC(=O)c1cccc([N+](=O)[O-])c1)c1nc2ccccc2n1C(F)F. The number of aromatic nitrogens is 2. The molecule has 0 N–H and O–H groups in total. The molecule has 0 amide bonds. The van der Waals surface area contributed by atoms with Gasteiger partial charge in [0, 0.05) is 12.1 Å². The first-order chi connectivity index (χ1) is 12.4. The standard InChI is InChI=1S/C17H13F2N3O4/c1-10(26-16(23)11-5-4-6-12(9-11)22(24)25)15-20-13-7-2-3-8-14(13)21(15)17(18)19/h2-10,17H,1H3. The van der Waals surface area contributed by atoms with Gasteiger partial charge in [0.25, 0.3) is 5.69 Å². The van der Waals surface area contributed by atoms with E-state index in [1.165, 1.54) is 31.2 Å². The molecule has 0 aliphatic carbocycles. The molecular weight excluding hydrogens is 348 g/mol. The van der Waals surface area contributed by atoms with Crippen LogP contribution in [0.2, 0.25) is 0 Å². The molecule has 9 heteroatoms. The maximum atomic E-state index is 13.5. The lowest BCUT2D eigenvalue weighted by atomic mass is 10.2. The molecular formula is C17H13F2N3O4. The minimum absolute atomic E-state index is 0.0502. The van der Waals surface area contributed by atoms with Gasteiger partial charge in [-0.05, 0) is 25.1 Å². The molecule has 3 aromatic rings. The van der Waals surface area contributed by atoms with E-state index in [1.54, 1.807) is 18.2 Å². The number of ether oxygens (including phenoxy) is 1. The van der Waals surface area contributed by atoms with Crippen molar-refractivity contribution < 1.29 is 23.2 Å². The van der Waals surface area contributed by atoms with Crippen molar-refractivity contribution >= 4 is 22.7 Å². The second-order valence-electron chi connectivity index (χ2n) is 5.46. The van der Waals surface area contributed by atoms with Crippen LogP contribution < -0.4 is 0 Å². The molecule has 0 bridgehead atoms. The second-order valence-corrected chi connectivity index (χ2v) is 5.46. The zero-order chi connectivity index (χ0) is 18.8. The highest BCUT2D eigenvalue weighted by Crippen LogP contribution is 2.28. The van der Waals surface area contributed by atoms with Gasteiger partial charge in [0.2, 0.25) is 0 Å². The number of para-hydroxylation sites is 2. The van der Waals surface area contributed by atoms with E-state index in [0.29, 0.717) is 10.1 Å². The summed E-state index contributed by atoms with van der Waals surface area (Å²) in [6.45, 7) is -1.45. The largest absolute Gasteiger partial charge is 0.451 e. The number of fused-ring (bicyclic) bond motifs is 1. The normalized spacial score (nSPS) is 12.3. The van der Waals surface area contributed by atoms with Crippen molar-refractivity contribution in [2.45, 2.75) is 19.6 Å². The highest BCUT2D eigenvalue weighted by Gasteiger charge is 2.25. The first-order valence-electron chi connectivity index (χ1n) is 7.59. The molecule has 0 saturated carbocycles. The summed E-state index contributed by atoms with van der Waals surface area (Å²) in [5.74, 6) is -0.978. The molecule has 2 aromatic carbocycles. The molecule has 3 rings (SSSR count). The third kappa shape index (κ3) is 3.23. The molecule has 1 aromatic heterocycles. The van der Waals surface area contributed by atoms with E-state index in [0.717, 1.165) is 6.07 Å². The van der Waals surface area contributed by atoms with Crippen molar-refractivity contribution in [2.75, 3.05) is 0 Å². The topological polar surface area (TPSA) is 87.3 Å². The molecule has 0 saturated heterocycles. The van der Waals surface area contributed by atoms with Crippen molar-refractivity contribution in [3.63, 3.8) is 0 Å². The van der Waals surface area contributed by atoms with Crippen molar-refractivity contribution in [3.8, 4) is 0 Å². The highest BCUT2D eigenvalue weighted by atomic mass is 19.3. The lowest BCUT2D eigenvalue weighted by molar-refractivity contribution is -0.384. The van der Waals surface area contributed by atoms with E-state index in [9.17, 15) is 23.7 Å². The van der Waals surface area contributed by atoms with Crippen molar-refractivity contribution in [1.82, 2.24) is 9.55 Å². The number of hydrogen-bond acceptors (Lipinski definition) is 5. The van der Waals surface area contributed by atoms with Crippen LogP contribution in [0.15, 0.2) is 48.5 Å². The molecule has 0 fully saturated rings. The number of benzene rings is 2. The maximum Gasteiger partial charge on any atom is 0.339 e. The minimum atomic E-state index is -2.86. The Labute approximate surface area is 146 Å². The number of hydrogen-bond donors (Lipinski definition) is 0. The molecule has 134 valence electrons. The highest BCUT2D eigenvalue weighted by molar-refractivity contribution is 5.90. The van der Waals surface area contributed by atoms with Crippen LogP contribution in [0.1, 0.15) is 35.8 Å². The Morgan fingerprint density at radius 3 is 2.65 bits per heavy atom. The number of alkyl halides is 2. The van der Waals surface area contributed by atoms with Crippen LogP contribution >= 0.6 is 0 Å². The third-order valence-electron chi connectivity index (χ3n) is 3.76. The van der Waals surface area contributed by atoms with Crippen LogP contribution in [-0.4, -0.2) is 20.4 Å². The fraction of sp³-hybridized carbons (Fsp3) is 0.176. The van der Waals surface area contributed by atoms with E-state index in [2.05, 4.69) is 4.98 Å². The molecule has 0 spiro atoms. The minimum Gasteiger partial charge on any atom is -0.451 e. The third-order valence-corrected chi connectivity index (χ3v) is 3.76. The summed E-state index contributed by atoms with van der Waals surface area (Å²) in [4.78, 5) is 26.5. The number of nitro benzene ring substituents is 1. The van der Waals surface area contributed by atoms with Gasteiger partial charge in [-0.25, -0.2) is 9.78 Å². The predicted octanol–water partition coefficient (Wildman–Crippen LogP) is 4.26. The molecule has 0 aliphatic heterocycles. The number of carbonyl (C=O) groups is 1. The molecule has 1 heterocycles. The van der Waals surface area contributed by atoms with Gasteiger partial charge < -0.3 is 4.74 Å². The Morgan fingerprint density at radius 2 is 1.96 bits per heavy atom. The van der Waals surface area contributed by atoms with E-state index in [-0.39, 0.29) is 22.6 Å². The summed E-state index contributed by atoms with van der Waals surface area (Å²) >= 11 is 0. The van der Waals surface area contributed by atoms with Crippen molar-refractivity contribution in [3.05, 3.63) is 70.0 Å². The van der Waals surface area contributed by atoms with Gasteiger partial charge in [-0.3, -0.25) is 14.7 Å². The smallest absolute Gasteiger partial charge is 0.339 e. The summed E-state index contributed by atoms with van der Waals surface area (Å²) in [5.41, 5.74) is 0.245. The van der Waals surface area contributed by atoms with Crippen LogP contribution in [-0.2, 0) is 4.74 Å². The molecule has 1 atom stereocenters. The summed E-state index contributed by atoms with van der Waals surface area (Å²) in [5, 5.41) is 10.8. The lowest BCUT2D eigenvalue weighted by Crippen LogP contribution is -2.14. The lowest BCUT2D eigenvalue weighted by Gasteiger charge is -2.15. The second kappa shape index (κ2) is 6.87. The monoisotopic (exact) mass is 361 g/mol. The zero-order valence-corrected chi connectivity index (χ0v) is 13.5. The Hall–Kier alpha value is -3.36. The van der Waals surface area contributed by atoms with Crippen molar-refractivity contribution in [1.29, 1.82) is 0 Å². The molecule has 26 heavy (non-hydrogen) atoms. The summed E-state index contributed by atoms with van der Waals surface area (Å²) in [6.07, 6.45) is -1.08. The quantitative estimate of drug-likeness (QED) is 0.385. The number of nitro groups is 1. The Morgan fingerprint density at radius 1 is 1.23 bits per heavy atom. The van der Waals surface area contributed by atoms with E-state index in [1.807, 2.05) is 0 Å². The van der Waals surface area contributed by atoms with Gasteiger partial charge in [-0.15, -0.1) is 0 Å². The first kappa shape index (κ1) is 17.5. The van der Waals surface area contributed by atoms with Crippen LogP contribution in [0, 0.1) is 10.1 Å². The molecule has 7 nitrogen and oxygen atoms in total. The van der Waals surface area contributed by atoms with Gasteiger partial charge in [0.05, 0.1) is 21.5 Å². The average molecular weight is 361 g/mol. The van der Waals surface area contributed by atoms with Crippen molar-refractivity contribution in [2.24, 2.45) is 0 Å². The number of carbonyl (C=O) groups excluding carboxylic acids is 1. The van der Waals surface area contributed by atoms with Gasteiger partial charge in [-0.1, -0.05) is 18.2 Å². The van der Waals surface area contributed by atoms with Gasteiger partial charge in [-0.2, -0.15) is 8.78 Å². The zero-order valence-electron chi connectivity index (χ0n) is 13.5. The van der Waals surface area contributed by atoms with Crippen LogP contribution in [0.5, 0.6) is 0 Å². The Kier molecular flexibility index (Phi) is 4.61. The van der Waals surface area contributed by atoms with Crippen LogP contribution in [0.3, 0.4) is 0 Å². The predicted molar refractivity (Wildman–Crippen MR) is 87.9 cm³/mol. The number of esters is 1. The molecule has 0 aliphatic rings. The van der Waals surface area contributed by atoms with Crippen LogP contribution in [0.4, 0.5) is 14.5 Å². The number of rotatable bonds is 5. The first-order valence-corrected chi connectivity index (χ1v) is 7.59. The van der Waals surface area contributed by atoms with E-state index < -0.39 is 23.5 Å². The summed E-state index contributed by atoms with van der Waals surface area (Å²) < 4.78 is 32.8. The summed E-state index contributed by atoms with van der Waals surface area (Å²) in [6, 6.07) is 11.3. The molecule has 1 unspecified atom stereocenters. The number of non-ortho nitro benzene ring substituents is 1. The van der Waals surface area contributed by atoms with Gasteiger partial charge in [0.15, 0.2) is 11.9 Å². The van der Waals surface area contributed by atoms with E-state index in [4.69, 9.17) is 4.74 Å². The average Bonchev–Trinajstić information content (AvgIpc) is 3.01. The number of nitrogens with zero attached hydrogens (tertiary/aromatic N) is 3. The Bertz CT molecular complexity index is 987. The number of imidazole rings is 1.